The molecule has 0 saturated heterocycles. The van der Waals surface area contributed by atoms with Crippen LogP contribution in [0.15, 0.2) is 20.3 Å². The molecule has 0 aliphatic heterocycles. The van der Waals surface area contributed by atoms with Gasteiger partial charge in [-0.3, -0.25) is 4.79 Å². The number of carbonyl (C=O) groups is 1. The summed E-state index contributed by atoms with van der Waals surface area (Å²) in [7, 11) is -9.10. The van der Waals surface area contributed by atoms with Crippen molar-refractivity contribution in [2.24, 2.45) is 3.77 Å². The van der Waals surface area contributed by atoms with Crippen LogP contribution in [0.25, 0.3) is 0 Å². The number of alkyl halides is 3. The first kappa shape index (κ1) is 19.1. The molecule has 0 saturated carbocycles. The van der Waals surface area contributed by atoms with Crippen LogP contribution in [0.5, 0.6) is 5.95 Å². The number of furan rings is 1. The zero-order valence-electron chi connectivity index (χ0n) is 9.08. The van der Waals surface area contributed by atoms with Crippen LogP contribution in [0.1, 0.15) is 10.6 Å². The Bertz CT molecular complexity index is 630. The van der Waals surface area contributed by atoms with E-state index >= 15 is 0 Å². The number of hydrogen-bond acceptors (Lipinski definition) is 7. The van der Waals surface area contributed by atoms with Gasteiger partial charge in [0.1, 0.15) is 0 Å². The standard InChI is InChI=1S/C6H3F3NO6S2.K/c7-6(8,9)18(13,14)10-17(12)16-5-2-1-4(3-11)15-5;/h1-3H;/q-1;+1. The summed E-state index contributed by atoms with van der Waals surface area (Å²) in [5.74, 6) is -0.864. The van der Waals surface area contributed by atoms with E-state index in [1.165, 1.54) is 0 Å². The van der Waals surface area contributed by atoms with Crippen molar-refractivity contribution in [2.75, 3.05) is 0 Å². The van der Waals surface area contributed by atoms with E-state index in [0.717, 1.165) is 12.1 Å². The Morgan fingerprint density at radius 2 is 1.95 bits per heavy atom. The fourth-order valence-corrected chi connectivity index (χ4v) is 1.98. The topological polar surface area (TPSA) is 103 Å². The number of hydrogen-bond donors (Lipinski definition) is 0. The maximum absolute atomic E-state index is 11.8. The number of halogens is 3. The van der Waals surface area contributed by atoms with Gasteiger partial charge in [-0.15, -0.1) is 0 Å². The van der Waals surface area contributed by atoms with Crippen molar-refractivity contribution in [3.63, 3.8) is 0 Å². The van der Waals surface area contributed by atoms with Crippen molar-refractivity contribution in [2.45, 2.75) is 5.51 Å². The van der Waals surface area contributed by atoms with Gasteiger partial charge >= 0.3 is 66.9 Å². The minimum Gasteiger partial charge on any atom is -0.519 e. The van der Waals surface area contributed by atoms with Crippen molar-refractivity contribution in [1.29, 1.82) is 0 Å². The Morgan fingerprint density at radius 3 is 2.37 bits per heavy atom. The second kappa shape index (κ2) is 7.19. The van der Waals surface area contributed by atoms with Gasteiger partial charge in [-0.2, -0.15) is 21.6 Å². The molecule has 0 amide bonds. The molecule has 1 aromatic rings. The molecule has 0 N–H and O–H groups in total. The van der Waals surface area contributed by atoms with Crippen LogP contribution in [0, 0.1) is 0 Å². The van der Waals surface area contributed by atoms with Gasteiger partial charge in [0, 0.05) is 16.9 Å². The molecule has 0 fully saturated rings. The summed E-state index contributed by atoms with van der Waals surface area (Å²) in [6.07, 6.45) is 0.249. The van der Waals surface area contributed by atoms with Crippen LogP contribution < -0.4 is 55.6 Å². The van der Waals surface area contributed by atoms with Crippen LogP contribution in [-0.2, 0) is 25.1 Å². The number of aldehydes is 1. The molecule has 0 aliphatic carbocycles. The molecule has 102 valence electrons. The van der Waals surface area contributed by atoms with E-state index in [1.807, 2.05) is 3.77 Å². The van der Waals surface area contributed by atoms with Gasteiger partial charge in [0.15, 0.2) is 12.0 Å². The monoisotopic (exact) mass is 345 g/mol. The number of rotatable bonds is 4. The van der Waals surface area contributed by atoms with Crippen molar-refractivity contribution >= 4 is 27.2 Å². The maximum atomic E-state index is 11.8. The predicted molar refractivity (Wildman–Crippen MR) is 50.2 cm³/mol. The van der Waals surface area contributed by atoms with Gasteiger partial charge in [0.2, 0.25) is 0 Å². The number of nitrogens with zero attached hydrogens (tertiary/aromatic N) is 1. The molecule has 19 heavy (non-hydrogen) atoms. The molecular formula is C6H3F3KNO6S2. The van der Waals surface area contributed by atoms with Crippen LogP contribution in [-0.4, -0.2) is 20.2 Å². The van der Waals surface area contributed by atoms with E-state index in [4.69, 9.17) is 0 Å². The van der Waals surface area contributed by atoms with Crippen LogP contribution in [0.3, 0.4) is 0 Å². The van der Waals surface area contributed by atoms with E-state index in [-0.39, 0.29) is 63.4 Å². The average Bonchev–Trinajstić information content (AvgIpc) is 2.62. The Labute approximate surface area is 149 Å². The molecule has 0 radical (unpaired) electrons. The number of carbonyl (C=O) groups excluding carboxylic acids is 1. The van der Waals surface area contributed by atoms with Crippen LogP contribution in [0.2, 0.25) is 0 Å². The molecule has 0 spiro atoms. The fourth-order valence-electron chi connectivity index (χ4n) is 0.650. The smallest absolute Gasteiger partial charge is 0.519 e. The molecule has 0 bridgehead atoms. The van der Waals surface area contributed by atoms with Crippen LogP contribution in [0.4, 0.5) is 13.2 Å². The van der Waals surface area contributed by atoms with Gasteiger partial charge in [-0.25, -0.2) is 3.77 Å². The summed E-state index contributed by atoms with van der Waals surface area (Å²) in [5, 5.41) is 0. The van der Waals surface area contributed by atoms with Crippen molar-refractivity contribution in [1.82, 2.24) is 0 Å². The second-order valence-electron chi connectivity index (χ2n) is 2.57. The normalized spacial score (nSPS) is 13.6. The first-order chi connectivity index (χ1) is 8.15. The summed E-state index contributed by atoms with van der Waals surface area (Å²) in [4.78, 5) is 10.2. The molecule has 1 rings (SSSR count). The average molecular weight is 345 g/mol. The Kier molecular flexibility index (Phi) is 7.22. The molecule has 7 nitrogen and oxygen atoms in total. The molecule has 1 aromatic heterocycles. The molecule has 0 aromatic carbocycles. The van der Waals surface area contributed by atoms with E-state index in [2.05, 4.69) is 8.60 Å². The summed E-state index contributed by atoms with van der Waals surface area (Å²) >= 11 is 0. The van der Waals surface area contributed by atoms with E-state index in [1.54, 1.807) is 0 Å². The quantitative estimate of drug-likeness (QED) is 0.369. The Hall–Kier alpha value is 0.0764. The van der Waals surface area contributed by atoms with Crippen molar-refractivity contribution in [3.8, 4) is 5.95 Å². The Balaban J connectivity index is 0.00000324. The van der Waals surface area contributed by atoms with Gasteiger partial charge in [0.25, 0.3) is 5.95 Å². The second-order valence-corrected chi connectivity index (χ2v) is 5.18. The molecule has 0 atom stereocenters. The summed E-state index contributed by atoms with van der Waals surface area (Å²) < 4.78 is 77.9. The third-order valence-corrected chi connectivity index (χ3v) is 3.49. The van der Waals surface area contributed by atoms with Crippen LogP contribution >= 0.6 is 0 Å². The molecule has 1 heterocycles. The van der Waals surface area contributed by atoms with Crippen molar-refractivity contribution < 1.29 is 90.6 Å². The minimum absolute atomic E-state index is 0. The summed E-state index contributed by atoms with van der Waals surface area (Å²) in [6, 6.07) is 2.02. The molecule has 13 heteroatoms. The zero-order chi connectivity index (χ0) is 14.0. The maximum Gasteiger partial charge on any atom is 1.00 e. The summed E-state index contributed by atoms with van der Waals surface area (Å²) in [6.45, 7) is 0. The van der Waals surface area contributed by atoms with Gasteiger partial charge < -0.3 is 12.8 Å². The largest absolute Gasteiger partial charge is 1.00 e. The fraction of sp³-hybridized carbons (Fsp3) is 0.167. The SMILES string of the molecule is O=Cc1ccc(O[S-](=O)=NS(=O)(=O)C(F)(F)F)o1.[K+]. The molecule has 0 aliphatic rings. The van der Waals surface area contributed by atoms with Gasteiger partial charge in [0.05, 0.1) is 0 Å². The van der Waals surface area contributed by atoms with E-state index < -0.39 is 32.4 Å². The Morgan fingerprint density at radius 1 is 1.37 bits per heavy atom. The minimum atomic E-state index is -5.93. The first-order valence-corrected chi connectivity index (χ1v) is 6.32. The number of sulfonamides is 1. The molecule has 0 unspecified atom stereocenters. The first-order valence-electron chi connectivity index (χ1n) is 3.85. The third-order valence-electron chi connectivity index (χ3n) is 1.32. The van der Waals surface area contributed by atoms with Gasteiger partial charge in [-0.1, -0.05) is 0 Å². The van der Waals surface area contributed by atoms with E-state index in [0.29, 0.717) is 0 Å². The third kappa shape index (κ3) is 5.53. The zero-order valence-corrected chi connectivity index (χ0v) is 13.8. The molecular weight excluding hydrogens is 342 g/mol. The van der Waals surface area contributed by atoms with Crippen molar-refractivity contribution in [3.05, 3.63) is 17.9 Å². The van der Waals surface area contributed by atoms with E-state index in [9.17, 15) is 30.6 Å². The van der Waals surface area contributed by atoms with Gasteiger partial charge in [-0.05, 0) is 6.07 Å². The summed E-state index contributed by atoms with van der Waals surface area (Å²) in [5.41, 5.74) is -5.68. The predicted octanol–water partition coefficient (Wildman–Crippen LogP) is -1.61.